The van der Waals surface area contributed by atoms with Gasteiger partial charge in [-0.1, -0.05) is 0 Å². The van der Waals surface area contributed by atoms with Crippen LogP contribution in [0.1, 0.15) is 25.7 Å². The predicted octanol–water partition coefficient (Wildman–Crippen LogP) is -4.73. The number of hydrogen-bond acceptors (Lipinski definition) is 11. The third-order valence-electron chi connectivity index (χ3n) is 4.71. The molecule has 2 saturated carbocycles. The van der Waals surface area contributed by atoms with Crippen molar-refractivity contribution in [1.29, 1.82) is 0 Å². The zero-order valence-corrected chi connectivity index (χ0v) is 13.1. The molecule has 0 unspecified atom stereocenters. The molecule has 0 aromatic carbocycles. The van der Waals surface area contributed by atoms with Gasteiger partial charge in [-0.3, -0.25) is 0 Å². The lowest BCUT2D eigenvalue weighted by atomic mass is 9.79. The maximum Gasteiger partial charge on any atom is 0.346 e. The molecule has 0 aromatic rings. The minimum atomic E-state index is -2.48. The normalized spacial score (nSPS) is 48.0. The van der Waals surface area contributed by atoms with E-state index < -0.39 is 85.4 Å². The molecule has 0 radical (unpaired) electrons. The lowest BCUT2D eigenvalue weighted by Crippen LogP contribution is -2.59. The molecule has 11 nitrogen and oxygen atoms in total. The molecule has 0 heterocycles. The number of rotatable bonds is 2. The molecule has 0 aliphatic heterocycles. The smallest absolute Gasteiger partial charge is 0.346 e. The molecular weight excluding hydrogens is 344 g/mol. The van der Waals surface area contributed by atoms with Crippen LogP contribution in [0, 0.1) is 0 Å². The largest absolute Gasteiger partial charge is 0.390 e. The van der Waals surface area contributed by atoms with Gasteiger partial charge in [-0.15, -0.1) is 0 Å². The van der Waals surface area contributed by atoms with Crippen LogP contribution in [0.15, 0.2) is 0 Å². The third-order valence-corrected chi connectivity index (χ3v) is 4.71. The Kier molecular flexibility index (Phi) is 5.52. The SMILES string of the molecule is O=C(OC(=O)C1(O)C[C@@H](O)C(O)[C@H](O)C1)C1(O)C[C@@H](O)C(O)[C@H](O)C1. The maximum absolute atomic E-state index is 12.1. The number of hydrogen-bond donors (Lipinski definition) is 8. The summed E-state index contributed by atoms with van der Waals surface area (Å²) in [5.41, 5.74) is -4.95. The molecule has 2 aliphatic rings. The Hall–Kier alpha value is -1.18. The van der Waals surface area contributed by atoms with E-state index in [4.69, 9.17) is 0 Å². The maximum atomic E-state index is 12.1. The number of esters is 2. The van der Waals surface area contributed by atoms with E-state index in [0.29, 0.717) is 0 Å². The topological polar surface area (TPSA) is 205 Å². The van der Waals surface area contributed by atoms with Crippen LogP contribution in [0.2, 0.25) is 0 Å². The van der Waals surface area contributed by atoms with E-state index in [-0.39, 0.29) is 0 Å². The van der Waals surface area contributed by atoms with Gasteiger partial charge < -0.3 is 45.6 Å². The fraction of sp³-hybridized carbons (Fsp3) is 0.857. The second kappa shape index (κ2) is 6.85. The zero-order valence-electron chi connectivity index (χ0n) is 13.1. The summed E-state index contributed by atoms with van der Waals surface area (Å²) in [6, 6.07) is 0. The van der Waals surface area contributed by atoms with E-state index in [1.54, 1.807) is 0 Å². The Balaban J connectivity index is 2.08. The van der Waals surface area contributed by atoms with Crippen molar-refractivity contribution in [3.05, 3.63) is 0 Å². The van der Waals surface area contributed by atoms with Crippen molar-refractivity contribution in [3.8, 4) is 0 Å². The summed E-state index contributed by atoms with van der Waals surface area (Å²) in [6.07, 6.45) is -12.6. The van der Waals surface area contributed by atoms with Gasteiger partial charge in [0.2, 0.25) is 0 Å². The lowest BCUT2D eigenvalue weighted by Gasteiger charge is -2.40. The average molecular weight is 366 g/mol. The monoisotopic (exact) mass is 366 g/mol. The van der Waals surface area contributed by atoms with Crippen molar-refractivity contribution in [2.24, 2.45) is 0 Å². The second-order valence-corrected chi connectivity index (χ2v) is 6.81. The van der Waals surface area contributed by atoms with Crippen molar-refractivity contribution in [2.75, 3.05) is 0 Å². The van der Waals surface area contributed by atoms with Gasteiger partial charge in [0.15, 0.2) is 11.2 Å². The van der Waals surface area contributed by atoms with E-state index in [1.165, 1.54) is 0 Å². The molecule has 0 amide bonds. The summed E-state index contributed by atoms with van der Waals surface area (Å²) in [5.74, 6) is -3.13. The Labute approximate surface area is 141 Å². The van der Waals surface area contributed by atoms with Crippen molar-refractivity contribution in [1.82, 2.24) is 0 Å². The first-order chi connectivity index (χ1) is 11.4. The highest BCUT2D eigenvalue weighted by Crippen LogP contribution is 2.33. The van der Waals surface area contributed by atoms with Crippen LogP contribution in [0.5, 0.6) is 0 Å². The number of aliphatic hydroxyl groups excluding tert-OH is 6. The fourth-order valence-electron chi connectivity index (χ4n) is 3.15. The van der Waals surface area contributed by atoms with Crippen molar-refractivity contribution in [2.45, 2.75) is 73.5 Å². The summed E-state index contributed by atoms with van der Waals surface area (Å²) in [5, 5.41) is 77.5. The molecule has 144 valence electrons. The first-order valence-electron chi connectivity index (χ1n) is 7.69. The summed E-state index contributed by atoms with van der Waals surface area (Å²) in [4.78, 5) is 24.1. The number of aliphatic hydroxyl groups is 8. The van der Waals surface area contributed by atoms with Gasteiger partial charge in [-0.2, -0.15) is 0 Å². The second-order valence-electron chi connectivity index (χ2n) is 6.81. The van der Waals surface area contributed by atoms with Crippen LogP contribution < -0.4 is 0 Å². The van der Waals surface area contributed by atoms with Gasteiger partial charge in [0, 0.05) is 25.7 Å². The standard InChI is InChI=1S/C14H22O11/c15-5-1-13(23,2-6(16)9(5)19)11(21)25-12(22)14(24)3-7(17)10(20)8(18)4-14/h5-10,15-20,23-24H,1-4H2/t5-,6-,7-,8-,9?,10?,13?,14?/m1/s1. The Morgan fingerprint density at radius 1 is 0.640 bits per heavy atom. The highest BCUT2D eigenvalue weighted by atomic mass is 16.6. The summed E-state index contributed by atoms with van der Waals surface area (Å²) < 4.78 is 4.41. The highest BCUT2D eigenvalue weighted by molar-refractivity contribution is 5.94. The molecule has 0 saturated heterocycles. The molecule has 0 aromatic heterocycles. The molecule has 2 rings (SSSR count). The lowest BCUT2D eigenvalue weighted by molar-refractivity contribution is -0.209. The van der Waals surface area contributed by atoms with Crippen molar-refractivity contribution >= 4 is 11.9 Å². The van der Waals surface area contributed by atoms with Crippen molar-refractivity contribution < 1.29 is 55.2 Å². The summed E-state index contributed by atoms with van der Waals surface area (Å²) in [7, 11) is 0. The number of ether oxygens (including phenoxy) is 1. The molecule has 8 N–H and O–H groups in total. The molecule has 4 atom stereocenters. The van der Waals surface area contributed by atoms with Gasteiger partial charge >= 0.3 is 11.9 Å². The quantitative estimate of drug-likeness (QED) is 0.172. The molecule has 2 aliphatic carbocycles. The van der Waals surface area contributed by atoms with Crippen molar-refractivity contribution in [3.63, 3.8) is 0 Å². The molecule has 0 bridgehead atoms. The summed E-state index contributed by atoms with van der Waals surface area (Å²) in [6.45, 7) is 0. The summed E-state index contributed by atoms with van der Waals surface area (Å²) >= 11 is 0. The van der Waals surface area contributed by atoms with Gasteiger partial charge in [-0.25, -0.2) is 9.59 Å². The predicted molar refractivity (Wildman–Crippen MR) is 75.5 cm³/mol. The van der Waals surface area contributed by atoms with E-state index in [2.05, 4.69) is 4.74 Å². The zero-order chi connectivity index (χ0) is 19.2. The molecule has 25 heavy (non-hydrogen) atoms. The fourth-order valence-corrected chi connectivity index (χ4v) is 3.15. The molecule has 0 spiro atoms. The number of carbonyl (C=O) groups excluding carboxylic acids is 2. The number of carbonyl (C=O) groups is 2. The Morgan fingerprint density at radius 3 is 1.12 bits per heavy atom. The van der Waals surface area contributed by atoms with E-state index in [1.807, 2.05) is 0 Å². The van der Waals surface area contributed by atoms with Crippen LogP contribution in [0.4, 0.5) is 0 Å². The van der Waals surface area contributed by atoms with E-state index in [0.717, 1.165) is 0 Å². The third kappa shape index (κ3) is 3.83. The first kappa shape index (κ1) is 20.1. The van der Waals surface area contributed by atoms with Crippen LogP contribution in [-0.2, 0) is 14.3 Å². The Morgan fingerprint density at radius 2 is 0.880 bits per heavy atom. The van der Waals surface area contributed by atoms with Crippen LogP contribution in [0.25, 0.3) is 0 Å². The highest BCUT2D eigenvalue weighted by Gasteiger charge is 2.54. The van der Waals surface area contributed by atoms with Gasteiger partial charge in [0.25, 0.3) is 0 Å². The Bertz CT molecular complexity index is 465. The van der Waals surface area contributed by atoms with Crippen LogP contribution in [-0.4, -0.2) is 101 Å². The first-order valence-corrected chi connectivity index (χ1v) is 7.69. The van der Waals surface area contributed by atoms with E-state index >= 15 is 0 Å². The molecular formula is C14H22O11. The van der Waals surface area contributed by atoms with Gasteiger partial charge in [-0.05, 0) is 0 Å². The molecule has 11 heteroatoms. The minimum absolute atomic E-state index is 0.709. The van der Waals surface area contributed by atoms with E-state index in [9.17, 15) is 50.4 Å². The minimum Gasteiger partial charge on any atom is -0.390 e. The molecule has 2 fully saturated rings. The van der Waals surface area contributed by atoms with Crippen LogP contribution in [0.3, 0.4) is 0 Å². The van der Waals surface area contributed by atoms with Gasteiger partial charge in [0.05, 0.1) is 24.4 Å². The average Bonchev–Trinajstić information content (AvgIpc) is 2.50. The van der Waals surface area contributed by atoms with Gasteiger partial charge in [0.1, 0.15) is 12.2 Å². The van der Waals surface area contributed by atoms with Crippen LogP contribution >= 0.6 is 0 Å².